The Hall–Kier alpha value is -4.20. The molecule has 8 nitrogen and oxygen atoms in total. The van der Waals surface area contributed by atoms with Crippen molar-refractivity contribution >= 4 is 0 Å². The molecule has 0 spiro atoms. The van der Waals surface area contributed by atoms with Gasteiger partial charge in [-0.3, -0.25) is 4.98 Å². The van der Waals surface area contributed by atoms with Crippen LogP contribution in [0.1, 0.15) is 49.1 Å². The summed E-state index contributed by atoms with van der Waals surface area (Å²) in [7, 11) is 0. The van der Waals surface area contributed by atoms with Crippen LogP contribution in [0, 0.1) is 0 Å². The zero-order valence-corrected chi connectivity index (χ0v) is 19.8. The molecule has 0 saturated heterocycles. The van der Waals surface area contributed by atoms with Gasteiger partial charge in [-0.25, -0.2) is 14.8 Å². The highest BCUT2D eigenvalue weighted by Crippen LogP contribution is 2.29. The van der Waals surface area contributed by atoms with Crippen LogP contribution >= 0.6 is 0 Å². The van der Waals surface area contributed by atoms with Gasteiger partial charge in [0.05, 0.1) is 12.2 Å². The molecule has 0 bridgehead atoms. The van der Waals surface area contributed by atoms with E-state index in [1.54, 1.807) is 0 Å². The van der Waals surface area contributed by atoms with E-state index >= 15 is 0 Å². The molecule has 0 aliphatic heterocycles. The normalized spacial score (nSPS) is 11.1. The molecule has 0 unspecified atom stereocenters. The van der Waals surface area contributed by atoms with Crippen LogP contribution in [0.15, 0.2) is 72.9 Å². The molecule has 0 amide bonds. The van der Waals surface area contributed by atoms with E-state index in [0.717, 1.165) is 53.3 Å². The largest absolute Gasteiger partial charge is 0.259 e. The van der Waals surface area contributed by atoms with Gasteiger partial charge in [0.25, 0.3) is 0 Å². The number of unbranched alkanes of at least 4 members (excludes halogenated alkanes) is 2. The molecule has 3 heterocycles. The third-order valence-electron chi connectivity index (χ3n) is 5.98. The molecule has 0 aliphatic carbocycles. The minimum absolute atomic E-state index is 0.594. The van der Waals surface area contributed by atoms with E-state index in [1.165, 1.54) is 18.4 Å². The molecule has 5 rings (SSSR count). The Balaban J connectivity index is 1.37. The van der Waals surface area contributed by atoms with Gasteiger partial charge < -0.3 is 0 Å². The van der Waals surface area contributed by atoms with Gasteiger partial charge >= 0.3 is 0 Å². The summed E-state index contributed by atoms with van der Waals surface area (Å²) in [6.07, 6.45) is 7.03. The van der Waals surface area contributed by atoms with E-state index in [2.05, 4.69) is 63.9 Å². The van der Waals surface area contributed by atoms with Crippen LogP contribution in [0.4, 0.5) is 0 Å². The average molecular weight is 465 g/mol. The second kappa shape index (κ2) is 10.8. The molecule has 3 aromatic heterocycles. The summed E-state index contributed by atoms with van der Waals surface area (Å²) < 4.78 is 2.02. The molecule has 0 saturated carbocycles. The summed E-state index contributed by atoms with van der Waals surface area (Å²) in [6.45, 7) is 2.81. The van der Waals surface area contributed by atoms with Crippen molar-refractivity contribution in [3.63, 3.8) is 0 Å². The predicted molar refractivity (Wildman–Crippen MR) is 134 cm³/mol. The third kappa shape index (κ3) is 5.48. The van der Waals surface area contributed by atoms with E-state index in [4.69, 9.17) is 15.1 Å². The highest BCUT2D eigenvalue weighted by atomic mass is 15.5. The maximum Gasteiger partial charge on any atom is 0.180 e. The molecular formula is C27H28N8. The highest BCUT2D eigenvalue weighted by molar-refractivity contribution is 5.79. The second-order valence-electron chi connectivity index (χ2n) is 8.56. The standard InChI is InChI=1S/C27H28N8/c1-2-3-5-14-26-29-25(17-20-10-6-4-7-11-20)32-35(26)19-22-16-15-21(18-28-22)23-12-8-9-13-24(23)27-30-33-34-31-27/h4,6-13,15-16,18H,2-3,5,14,17,19H2,1H3,(H,30,31,33,34). The Labute approximate surface area is 204 Å². The molecule has 0 radical (unpaired) electrons. The van der Waals surface area contributed by atoms with Crippen LogP contribution in [0.25, 0.3) is 22.5 Å². The van der Waals surface area contributed by atoms with Gasteiger partial charge in [0, 0.05) is 30.2 Å². The van der Waals surface area contributed by atoms with Crippen molar-refractivity contribution in [2.24, 2.45) is 0 Å². The highest BCUT2D eigenvalue weighted by Gasteiger charge is 2.13. The van der Waals surface area contributed by atoms with Crippen LogP contribution in [-0.4, -0.2) is 40.4 Å². The Morgan fingerprint density at radius 1 is 0.886 bits per heavy atom. The molecule has 176 valence electrons. The van der Waals surface area contributed by atoms with Crippen molar-refractivity contribution in [3.8, 4) is 22.5 Å². The van der Waals surface area contributed by atoms with Crippen molar-refractivity contribution in [3.05, 3.63) is 95.8 Å². The van der Waals surface area contributed by atoms with Crippen LogP contribution in [0.5, 0.6) is 0 Å². The number of pyridine rings is 1. The van der Waals surface area contributed by atoms with Crippen LogP contribution < -0.4 is 0 Å². The summed E-state index contributed by atoms with van der Waals surface area (Å²) >= 11 is 0. The molecule has 0 aliphatic rings. The van der Waals surface area contributed by atoms with Crippen molar-refractivity contribution in [2.75, 3.05) is 0 Å². The summed E-state index contributed by atoms with van der Waals surface area (Å²) in [6, 6.07) is 22.5. The maximum absolute atomic E-state index is 4.88. The molecule has 5 aromatic rings. The number of nitrogens with one attached hydrogen (secondary N) is 1. The Morgan fingerprint density at radius 3 is 2.46 bits per heavy atom. The molecule has 35 heavy (non-hydrogen) atoms. The molecule has 2 aromatic carbocycles. The van der Waals surface area contributed by atoms with Gasteiger partial charge in [-0.1, -0.05) is 80.4 Å². The Kier molecular flexibility index (Phi) is 6.98. The van der Waals surface area contributed by atoms with Gasteiger partial charge in [0.2, 0.25) is 0 Å². The summed E-state index contributed by atoms with van der Waals surface area (Å²) in [5, 5.41) is 19.2. The van der Waals surface area contributed by atoms with E-state index in [-0.39, 0.29) is 0 Å². The first kappa shape index (κ1) is 22.6. The number of aryl methyl sites for hydroxylation is 1. The summed E-state index contributed by atoms with van der Waals surface area (Å²) in [5.74, 6) is 2.52. The lowest BCUT2D eigenvalue weighted by atomic mass is 10.0. The second-order valence-corrected chi connectivity index (χ2v) is 8.56. The minimum Gasteiger partial charge on any atom is -0.259 e. The van der Waals surface area contributed by atoms with E-state index < -0.39 is 0 Å². The van der Waals surface area contributed by atoms with Gasteiger partial charge in [-0.2, -0.15) is 5.10 Å². The van der Waals surface area contributed by atoms with E-state index in [1.807, 2.05) is 41.2 Å². The van der Waals surface area contributed by atoms with Crippen LogP contribution in [-0.2, 0) is 19.4 Å². The first-order valence-electron chi connectivity index (χ1n) is 12.0. The lowest BCUT2D eigenvalue weighted by Crippen LogP contribution is -2.08. The fourth-order valence-corrected chi connectivity index (χ4v) is 4.17. The first-order valence-corrected chi connectivity index (χ1v) is 12.0. The summed E-state index contributed by atoms with van der Waals surface area (Å²) in [5.41, 5.74) is 5.13. The first-order chi connectivity index (χ1) is 17.3. The van der Waals surface area contributed by atoms with E-state index in [0.29, 0.717) is 12.4 Å². The molecule has 1 N–H and O–H groups in total. The number of tetrazole rings is 1. The fraction of sp³-hybridized carbons (Fsp3) is 0.259. The van der Waals surface area contributed by atoms with Crippen molar-refractivity contribution in [2.45, 2.75) is 45.6 Å². The molecular weight excluding hydrogens is 436 g/mol. The number of hydrogen-bond donors (Lipinski definition) is 1. The molecule has 0 fully saturated rings. The number of aromatic nitrogens is 8. The van der Waals surface area contributed by atoms with Gasteiger partial charge in [-0.15, -0.1) is 5.10 Å². The quantitative estimate of drug-likeness (QED) is 0.296. The van der Waals surface area contributed by atoms with Gasteiger partial charge in [-0.05, 0) is 34.0 Å². The van der Waals surface area contributed by atoms with Gasteiger partial charge in [0.1, 0.15) is 5.82 Å². The van der Waals surface area contributed by atoms with Crippen molar-refractivity contribution in [1.82, 2.24) is 40.4 Å². The van der Waals surface area contributed by atoms with Crippen LogP contribution in [0.2, 0.25) is 0 Å². The number of nitrogens with zero attached hydrogens (tertiary/aromatic N) is 7. The predicted octanol–water partition coefficient (Wildman–Crippen LogP) is 4.89. The van der Waals surface area contributed by atoms with E-state index in [9.17, 15) is 0 Å². The van der Waals surface area contributed by atoms with Gasteiger partial charge in [0.15, 0.2) is 11.6 Å². The monoisotopic (exact) mass is 464 g/mol. The zero-order valence-electron chi connectivity index (χ0n) is 19.8. The van der Waals surface area contributed by atoms with Crippen molar-refractivity contribution < 1.29 is 0 Å². The third-order valence-corrected chi connectivity index (χ3v) is 5.98. The lowest BCUT2D eigenvalue weighted by Gasteiger charge is -2.09. The topological polar surface area (TPSA) is 98.1 Å². The number of H-pyrrole nitrogens is 1. The number of hydrogen-bond acceptors (Lipinski definition) is 6. The minimum atomic E-state index is 0.594. The van der Waals surface area contributed by atoms with Crippen LogP contribution in [0.3, 0.4) is 0 Å². The Morgan fingerprint density at radius 2 is 1.71 bits per heavy atom. The summed E-state index contributed by atoms with van der Waals surface area (Å²) in [4.78, 5) is 9.63. The average Bonchev–Trinajstić information content (AvgIpc) is 3.56. The number of aromatic amines is 1. The fourth-order valence-electron chi connectivity index (χ4n) is 4.17. The SMILES string of the molecule is CCCCCc1nc(Cc2ccccc2)nn1Cc1ccc(-c2ccccc2-c2nnn[nH]2)cn1. The number of benzene rings is 2. The maximum atomic E-state index is 4.88. The zero-order chi connectivity index (χ0) is 23.9. The lowest BCUT2D eigenvalue weighted by molar-refractivity contribution is 0.598. The Bertz CT molecular complexity index is 1340. The molecule has 8 heteroatoms. The number of rotatable bonds is 10. The molecule has 0 atom stereocenters. The van der Waals surface area contributed by atoms with Crippen molar-refractivity contribution in [1.29, 1.82) is 0 Å². The smallest absolute Gasteiger partial charge is 0.180 e.